The maximum Gasteiger partial charge on any atom is 0.0678 e. The van der Waals surface area contributed by atoms with Crippen LogP contribution in [-0.2, 0) is 0 Å². The van der Waals surface area contributed by atoms with E-state index in [1.807, 2.05) is 7.05 Å². The summed E-state index contributed by atoms with van der Waals surface area (Å²) in [5.74, 6) is 0.613. The van der Waals surface area contributed by atoms with Gasteiger partial charge in [-0.15, -0.1) is 0 Å². The molecule has 2 aliphatic rings. The molecule has 2 nitrogen and oxygen atoms in total. The zero-order chi connectivity index (χ0) is 8.60. The Labute approximate surface area is 74.4 Å². The van der Waals surface area contributed by atoms with Crippen LogP contribution in [0.2, 0.25) is 0 Å². The molecule has 0 heterocycles. The largest absolute Gasteiger partial charge is 0.390 e. The Bertz CT molecular complexity index is 157. The topological polar surface area (TPSA) is 32.3 Å². The van der Waals surface area contributed by atoms with Gasteiger partial charge in [0.2, 0.25) is 0 Å². The van der Waals surface area contributed by atoms with Crippen molar-refractivity contribution < 1.29 is 5.11 Å². The maximum atomic E-state index is 9.89. The Balaban J connectivity index is 1.82. The molecule has 0 aromatic carbocycles. The fourth-order valence-electron chi connectivity index (χ4n) is 2.46. The average Bonchev–Trinajstić information content (AvgIpc) is 2.85. The molecule has 0 aromatic heterocycles. The van der Waals surface area contributed by atoms with E-state index in [0.717, 1.165) is 12.8 Å². The van der Waals surface area contributed by atoms with Crippen LogP contribution < -0.4 is 5.32 Å². The van der Waals surface area contributed by atoms with Gasteiger partial charge in [0.15, 0.2) is 0 Å². The van der Waals surface area contributed by atoms with Crippen LogP contribution in [0.4, 0.5) is 0 Å². The number of hydrogen-bond donors (Lipinski definition) is 2. The third-order valence-electron chi connectivity index (χ3n) is 3.66. The molecule has 2 fully saturated rings. The van der Waals surface area contributed by atoms with Crippen molar-refractivity contribution in [3.05, 3.63) is 0 Å². The third kappa shape index (κ3) is 1.50. The zero-order valence-corrected chi connectivity index (χ0v) is 7.84. The van der Waals surface area contributed by atoms with Crippen molar-refractivity contribution in [1.29, 1.82) is 0 Å². The van der Waals surface area contributed by atoms with Crippen molar-refractivity contribution in [3.8, 4) is 0 Å². The molecule has 0 atom stereocenters. The Morgan fingerprint density at radius 1 is 1.17 bits per heavy atom. The lowest BCUT2D eigenvalue weighted by Gasteiger charge is -2.31. The molecule has 0 spiro atoms. The van der Waals surface area contributed by atoms with E-state index in [-0.39, 0.29) is 5.60 Å². The van der Waals surface area contributed by atoms with Crippen molar-refractivity contribution in [3.63, 3.8) is 0 Å². The Morgan fingerprint density at radius 2 is 1.75 bits per heavy atom. The van der Waals surface area contributed by atoms with Crippen molar-refractivity contribution in [1.82, 2.24) is 5.32 Å². The van der Waals surface area contributed by atoms with E-state index in [0.29, 0.717) is 12.0 Å². The molecule has 0 radical (unpaired) electrons. The monoisotopic (exact) mass is 169 g/mol. The molecule has 70 valence electrons. The summed E-state index contributed by atoms with van der Waals surface area (Å²) in [5, 5.41) is 13.2. The molecule has 0 unspecified atom stereocenters. The minimum Gasteiger partial charge on any atom is -0.390 e. The van der Waals surface area contributed by atoms with Crippen molar-refractivity contribution in [2.45, 2.75) is 50.2 Å². The molecule has 2 aliphatic carbocycles. The van der Waals surface area contributed by atoms with Crippen LogP contribution in [0.25, 0.3) is 0 Å². The van der Waals surface area contributed by atoms with Gasteiger partial charge < -0.3 is 10.4 Å². The van der Waals surface area contributed by atoms with Crippen LogP contribution in [0.1, 0.15) is 38.5 Å². The van der Waals surface area contributed by atoms with Crippen molar-refractivity contribution >= 4 is 0 Å². The first-order valence-electron chi connectivity index (χ1n) is 5.14. The second kappa shape index (κ2) is 3.00. The molecule has 0 bridgehead atoms. The highest BCUT2D eigenvalue weighted by Crippen LogP contribution is 2.47. The maximum absolute atomic E-state index is 9.89. The van der Waals surface area contributed by atoms with Crippen LogP contribution in [-0.4, -0.2) is 23.8 Å². The van der Waals surface area contributed by atoms with E-state index < -0.39 is 0 Å². The molecule has 2 rings (SSSR count). The fraction of sp³-hybridized carbons (Fsp3) is 1.00. The van der Waals surface area contributed by atoms with E-state index in [4.69, 9.17) is 0 Å². The van der Waals surface area contributed by atoms with Crippen LogP contribution in [0.5, 0.6) is 0 Å². The minimum atomic E-state index is -0.224. The minimum absolute atomic E-state index is 0.224. The molecule has 2 saturated carbocycles. The van der Waals surface area contributed by atoms with Gasteiger partial charge in [0.1, 0.15) is 0 Å². The average molecular weight is 169 g/mol. The Morgan fingerprint density at radius 3 is 2.17 bits per heavy atom. The van der Waals surface area contributed by atoms with Gasteiger partial charge in [-0.05, 0) is 51.5 Å². The summed E-state index contributed by atoms with van der Waals surface area (Å²) in [6, 6.07) is 0.712. The normalized spacial score (nSPS) is 39.5. The van der Waals surface area contributed by atoms with E-state index in [9.17, 15) is 5.11 Å². The smallest absolute Gasteiger partial charge is 0.0678 e. The standard InChI is InChI=1S/C10H19NO/c1-11-9-4-2-8(3-5-9)10(12)6-7-10/h8-9,11-12H,2-7H2,1H3/t8-,9-. The molecular weight excluding hydrogens is 150 g/mol. The number of hydrogen-bond acceptors (Lipinski definition) is 2. The summed E-state index contributed by atoms with van der Waals surface area (Å²) < 4.78 is 0. The second-order valence-corrected chi connectivity index (χ2v) is 4.44. The predicted molar refractivity (Wildman–Crippen MR) is 49.0 cm³/mol. The number of aliphatic hydroxyl groups is 1. The van der Waals surface area contributed by atoms with Gasteiger partial charge in [-0.2, -0.15) is 0 Å². The van der Waals surface area contributed by atoms with E-state index >= 15 is 0 Å². The summed E-state index contributed by atoms with van der Waals surface area (Å²) in [4.78, 5) is 0. The van der Waals surface area contributed by atoms with E-state index in [1.165, 1.54) is 25.7 Å². The van der Waals surface area contributed by atoms with Gasteiger partial charge in [0, 0.05) is 6.04 Å². The third-order valence-corrected chi connectivity index (χ3v) is 3.66. The number of nitrogens with one attached hydrogen (secondary N) is 1. The van der Waals surface area contributed by atoms with Crippen LogP contribution in [0.3, 0.4) is 0 Å². The van der Waals surface area contributed by atoms with Crippen LogP contribution >= 0.6 is 0 Å². The highest BCUT2D eigenvalue weighted by atomic mass is 16.3. The molecular formula is C10H19NO. The first-order chi connectivity index (χ1) is 5.74. The van der Waals surface area contributed by atoms with Gasteiger partial charge >= 0.3 is 0 Å². The predicted octanol–water partition coefficient (Wildman–Crippen LogP) is 1.29. The zero-order valence-electron chi connectivity index (χ0n) is 7.84. The second-order valence-electron chi connectivity index (χ2n) is 4.44. The van der Waals surface area contributed by atoms with Gasteiger partial charge in [0.05, 0.1) is 5.60 Å². The lowest BCUT2D eigenvalue weighted by molar-refractivity contribution is 0.0557. The summed E-state index contributed by atoms with van der Waals surface area (Å²) in [5.41, 5.74) is -0.224. The molecule has 12 heavy (non-hydrogen) atoms. The molecule has 2 N–H and O–H groups in total. The lowest BCUT2D eigenvalue weighted by Crippen LogP contribution is -2.34. The lowest BCUT2D eigenvalue weighted by atomic mass is 9.81. The fourth-order valence-corrected chi connectivity index (χ4v) is 2.46. The van der Waals surface area contributed by atoms with Crippen molar-refractivity contribution in [2.24, 2.45) is 5.92 Å². The van der Waals surface area contributed by atoms with E-state index in [1.54, 1.807) is 0 Å². The van der Waals surface area contributed by atoms with E-state index in [2.05, 4.69) is 5.32 Å². The van der Waals surface area contributed by atoms with Gasteiger partial charge in [-0.25, -0.2) is 0 Å². The highest BCUT2D eigenvalue weighted by Gasteiger charge is 2.47. The highest BCUT2D eigenvalue weighted by molar-refractivity contribution is 5.00. The van der Waals surface area contributed by atoms with Crippen LogP contribution in [0.15, 0.2) is 0 Å². The molecule has 2 heteroatoms. The summed E-state index contributed by atoms with van der Waals surface area (Å²) in [7, 11) is 2.04. The summed E-state index contributed by atoms with van der Waals surface area (Å²) in [6.07, 6.45) is 7.07. The first kappa shape index (κ1) is 8.52. The van der Waals surface area contributed by atoms with Gasteiger partial charge in [-0.3, -0.25) is 0 Å². The van der Waals surface area contributed by atoms with Gasteiger partial charge in [0.25, 0.3) is 0 Å². The Hall–Kier alpha value is -0.0800. The van der Waals surface area contributed by atoms with Crippen molar-refractivity contribution in [2.75, 3.05) is 7.05 Å². The Kier molecular flexibility index (Phi) is 2.13. The first-order valence-corrected chi connectivity index (χ1v) is 5.14. The van der Waals surface area contributed by atoms with Gasteiger partial charge in [-0.1, -0.05) is 0 Å². The molecule has 0 saturated heterocycles. The quantitative estimate of drug-likeness (QED) is 0.653. The number of rotatable bonds is 2. The molecule has 0 amide bonds. The molecule has 0 aromatic rings. The summed E-state index contributed by atoms with van der Waals surface area (Å²) in [6.45, 7) is 0. The SMILES string of the molecule is CN[C@H]1CC[C@H](C2(O)CC2)CC1. The molecule has 0 aliphatic heterocycles. The van der Waals surface area contributed by atoms with Crippen LogP contribution in [0, 0.1) is 5.92 Å². The summed E-state index contributed by atoms with van der Waals surface area (Å²) >= 11 is 0.